The number of carbonyl (C=O) groups excluding carboxylic acids is 2. The van der Waals surface area contributed by atoms with Crippen molar-refractivity contribution in [1.29, 1.82) is 0 Å². The van der Waals surface area contributed by atoms with Gasteiger partial charge in [0.05, 0.1) is 13.7 Å². The second-order valence-electron chi connectivity index (χ2n) is 6.93. The van der Waals surface area contributed by atoms with E-state index in [-0.39, 0.29) is 24.3 Å². The molecule has 0 aliphatic rings. The smallest absolute Gasteiger partial charge is 0.251 e. The number of nitrogens with one attached hydrogen (secondary N) is 2. The lowest BCUT2D eigenvalue weighted by Crippen LogP contribution is -2.37. The zero-order valence-corrected chi connectivity index (χ0v) is 17.0. The maximum absolute atomic E-state index is 12.2. The molecule has 0 spiro atoms. The summed E-state index contributed by atoms with van der Waals surface area (Å²) in [6.45, 7) is 0.444. The van der Waals surface area contributed by atoms with Crippen LogP contribution in [0.25, 0.3) is 0 Å². The first-order chi connectivity index (χ1) is 14.7. The molecule has 3 rings (SSSR count). The molecule has 0 radical (unpaired) electrons. The Labute approximate surface area is 177 Å². The molecule has 5 heteroatoms. The Hall–Kier alpha value is -3.60. The maximum Gasteiger partial charge on any atom is 0.251 e. The Balaban J connectivity index is 1.51. The van der Waals surface area contributed by atoms with E-state index in [0.29, 0.717) is 17.9 Å². The number of benzene rings is 3. The molecule has 0 bridgehead atoms. The summed E-state index contributed by atoms with van der Waals surface area (Å²) in [7, 11) is 1.54. The van der Waals surface area contributed by atoms with Gasteiger partial charge in [0, 0.05) is 18.0 Å². The molecule has 30 heavy (non-hydrogen) atoms. The predicted molar refractivity (Wildman–Crippen MR) is 118 cm³/mol. The van der Waals surface area contributed by atoms with Gasteiger partial charge in [-0.1, -0.05) is 66.7 Å². The van der Waals surface area contributed by atoms with Crippen LogP contribution in [0, 0.1) is 0 Å². The SMILES string of the molecule is COc1cccc(C(=O)NCC(=O)NCCC(c2ccccc2)c2ccccc2)c1. The number of methoxy groups -OCH3 is 1. The summed E-state index contributed by atoms with van der Waals surface area (Å²) in [5, 5.41) is 5.55. The summed E-state index contributed by atoms with van der Waals surface area (Å²) in [6.07, 6.45) is 0.767. The maximum atomic E-state index is 12.2. The first-order valence-electron chi connectivity index (χ1n) is 9.96. The molecule has 2 N–H and O–H groups in total. The lowest BCUT2D eigenvalue weighted by molar-refractivity contribution is -0.120. The fourth-order valence-corrected chi connectivity index (χ4v) is 3.34. The minimum atomic E-state index is -0.310. The van der Waals surface area contributed by atoms with E-state index in [2.05, 4.69) is 34.9 Å². The minimum Gasteiger partial charge on any atom is -0.497 e. The molecule has 0 aliphatic heterocycles. The van der Waals surface area contributed by atoms with E-state index in [9.17, 15) is 9.59 Å². The topological polar surface area (TPSA) is 67.4 Å². The monoisotopic (exact) mass is 402 g/mol. The summed E-state index contributed by atoms with van der Waals surface area (Å²) in [6, 6.07) is 27.3. The Morgan fingerprint density at radius 1 is 0.833 bits per heavy atom. The third-order valence-electron chi connectivity index (χ3n) is 4.90. The predicted octanol–water partition coefficient (Wildman–Crippen LogP) is 3.76. The Morgan fingerprint density at radius 2 is 1.47 bits per heavy atom. The Bertz CT molecular complexity index is 919. The van der Waals surface area contributed by atoms with Crippen LogP contribution in [0.15, 0.2) is 84.9 Å². The highest BCUT2D eigenvalue weighted by Crippen LogP contribution is 2.27. The van der Waals surface area contributed by atoms with Crippen molar-refractivity contribution >= 4 is 11.8 Å². The number of carbonyl (C=O) groups is 2. The van der Waals surface area contributed by atoms with Crippen molar-refractivity contribution in [1.82, 2.24) is 10.6 Å². The molecule has 3 aromatic carbocycles. The van der Waals surface area contributed by atoms with Gasteiger partial charge >= 0.3 is 0 Å². The van der Waals surface area contributed by atoms with E-state index < -0.39 is 0 Å². The van der Waals surface area contributed by atoms with Gasteiger partial charge < -0.3 is 15.4 Å². The second kappa shape index (κ2) is 10.8. The van der Waals surface area contributed by atoms with Crippen LogP contribution in [-0.4, -0.2) is 32.0 Å². The zero-order chi connectivity index (χ0) is 21.2. The molecule has 0 aromatic heterocycles. The highest BCUT2D eigenvalue weighted by molar-refractivity contribution is 5.96. The molecule has 0 unspecified atom stereocenters. The Kier molecular flexibility index (Phi) is 7.61. The minimum absolute atomic E-state index is 0.0720. The van der Waals surface area contributed by atoms with Crippen LogP contribution in [0.3, 0.4) is 0 Å². The van der Waals surface area contributed by atoms with Crippen molar-refractivity contribution in [3.63, 3.8) is 0 Å². The van der Waals surface area contributed by atoms with E-state index in [1.165, 1.54) is 11.1 Å². The zero-order valence-electron chi connectivity index (χ0n) is 17.0. The molecule has 0 saturated heterocycles. The van der Waals surface area contributed by atoms with Gasteiger partial charge in [-0.15, -0.1) is 0 Å². The van der Waals surface area contributed by atoms with Gasteiger partial charge in [-0.3, -0.25) is 9.59 Å². The number of amides is 2. The third-order valence-corrected chi connectivity index (χ3v) is 4.90. The van der Waals surface area contributed by atoms with E-state index in [1.54, 1.807) is 31.4 Å². The Morgan fingerprint density at radius 3 is 2.07 bits per heavy atom. The number of hydrogen-bond donors (Lipinski definition) is 2. The number of hydrogen-bond acceptors (Lipinski definition) is 3. The van der Waals surface area contributed by atoms with Crippen molar-refractivity contribution in [2.75, 3.05) is 20.2 Å². The molecule has 0 aliphatic carbocycles. The largest absolute Gasteiger partial charge is 0.497 e. The number of rotatable bonds is 9. The first kappa shape index (κ1) is 21.1. The molecule has 154 valence electrons. The summed E-state index contributed by atoms with van der Waals surface area (Å²) in [4.78, 5) is 24.4. The second-order valence-corrected chi connectivity index (χ2v) is 6.93. The van der Waals surface area contributed by atoms with Gasteiger partial charge in [0.2, 0.25) is 5.91 Å². The normalized spacial score (nSPS) is 10.5. The molecule has 5 nitrogen and oxygen atoms in total. The van der Waals surface area contributed by atoms with Crippen LogP contribution in [-0.2, 0) is 4.79 Å². The van der Waals surface area contributed by atoms with E-state index in [1.807, 2.05) is 36.4 Å². The van der Waals surface area contributed by atoms with Crippen molar-refractivity contribution < 1.29 is 14.3 Å². The fourth-order valence-electron chi connectivity index (χ4n) is 3.34. The van der Waals surface area contributed by atoms with E-state index >= 15 is 0 Å². The highest BCUT2D eigenvalue weighted by Gasteiger charge is 2.14. The van der Waals surface area contributed by atoms with Crippen molar-refractivity contribution in [2.45, 2.75) is 12.3 Å². The molecule has 0 atom stereocenters. The summed E-state index contributed by atoms with van der Waals surface area (Å²) in [5.74, 6) is 0.264. The van der Waals surface area contributed by atoms with Crippen LogP contribution >= 0.6 is 0 Å². The average Bonchev–Trinajstić information content (AvgIpc) is 2.81. The molecule has 0 fully saturated rings. The molecule has 2 amide bonds. The third kappa shape index (κ3) is 5.95. The fraction of sp³-hybridized carbons (Fsp3) is 0.200. The molecule has 0 heterocycles. The van der Waals surface area contributed by atoms with Gasteiger partial charge in [-0.25, -0.2) is 0 Å². The quantitative estimate of drug-likeness (QED) is 0.573. The molecular formula is C25H26N2O3. The van der Waals surface area contributed by atoms with Gasteiger partial charge in [0.15, 0.2) is 0 Å². The van der Waals surface area contributed by atoms with E-state index in [4.69, 9.17) is 4.74 Å². The van der Waals surface area contributed by atoms with Crippen LogP contribution < -0.4 is 15.4 Å². The summed E-state index contributed by atoms with van der Waals surface area (Å²) < 4.78 is 5.12. The number of ether oxygens (including phenoxy) is 1. The van der Waals surface area contributed by atoms with Crippen LogP contribution in [0.4, 0.5) is 0 Å². The van der Waals surface area contributed by atoms with E-state index in [0.717, 1.165) is 6.42 Å². The van der Waals surface area contributed by atoms with Gasteiger partial charge in [0.1, 0.15) is 5.75 Å². The highest BCUT2D eigenvalue weighted by atomic mass is 16.5. The molecular weight excluding hydrogens is 376 g/mol. The van der Waals surface area contributed by atoms with Crippen molar-refractivity contribution in [2.24, 2.45) is 0 Å². The van der Waals surface area contributed by atoms with Crippen LogP contribution in [0.5, 0.6) is 5.75 Å². The lowest BCUT2D eigenvalue weighted by atomic mass is 9.88. The summed E-state index contributed by atoms with van der Waals surface area (Å²) in [5.41, 5.74) is 2.88. The van der Waals surface area contributed by atoms with Crippen molar-refractivity contribution in [3.05, 3.63) is 102 Å². The first-order valence-corrected chi connectivity index (χ1v) is 9.96. The standard InChI is InChI=1S/C25H26N2O3/c1-30-22-14-8-13-21(17-22)25(29)27-18-24(28)26-16-15-23(19-9-4-2-5-10-19)20-11-6-3-7-12-20/h2-14,17,23H,15-16,18H2,1H3,(H,26,28)(H,27,29). The van der Waals surface area contributed by atoms with Gasteiger partial charge in [-0.05, 0) is 35.7 Å². The van der Waals surface area contributed by atoms with Gasteiger partial charge in [-0.2, -0.15) is 0 Å². The lowest BCUT2D eigenvalue weighted by Gasteiger charge is -2.18. The van der Waals surface area contributed by atoms with Crippen LogP contribution in [0.1, 0.15) is 33.8 Å². The average molecular weight is 402 g/mol. The van der Waals surface area contributed by atoms with Crippen LogP contribution in [0.2, 0.25) is 0 Å². The molecule has 0 saturated carbocycles. The van der Waals surface area contributed by atoms with Crippen molar-refractivity contribution in [3.8, 4) is 5.75 Å². The van der Waals surface area contributed by atoms with Gasteiger partial charge in [0.25, 0.3) is 5.91 Å². The molecule has 3 aromatic rings. The summed E-state index contributed by atoms with van der Waals surface area (Å²) >= 11 is 0.